The van der Waals surface area contributed by atoms with Gasteiger partial charge in [0.2, 0.25) is 10.0 Å². The molecule has 0 saturated heterocycles. The fourth-order valence-electron chi connectivity index (χ4n) is 2.70. The van der Waals surface area contributed by atoms with E-state index in [9.17, 15) is 13.2 Å². The lowest BCUT2D eigenvalue weighted by molar-refractivity contribution is 0.0951. The summed E-state index contributed by atoms with van der Waals surface area (Å²) in [6.45, 7) is 0.220. The first-order valence-corrected chi connectivity index (χ1v) is 10.3. The number of hydrogen-bond acceptors (Lipinski definition) is 3. The molecule has 0 aromatic heterocycles. The molecule has 0 heterocycles. The highest BCUT2D eigenvalue weighted by Gasteiger charge is 2.10. The molecular formula is C21H20N2O3S. The zero-order valence-electron chi connectivity index (χ0n) is 14.8. The molecule has 0 atom stereocenters. The molecule has 138 valence electrons. The van der Waals surface area contributed by atoms with Gasteiger partial charge >= 0.3 is 0 Å². The number of hydrogen-bond donors (Lipinski definition) is 2. The topological polar surface area (TPSA) is 75.3 Å². The first-order valence-electron chi connectivity index (χ1n) is 8.42. The molecule has 0 saturated carbocycles. The standard InChI is InChI=1S/C21H20N2O3S/c1-27(25,26)23-20-10-6-5-9-19(20)15-22-21(24)18-13-11-17(12-14-18)16-7-3-2-4-8-16/h2-14,23H,15H2,1H3,(H,22,24). The third kappa shape index (κ3) is 5.18. The number of para-hydroxylation sites is 1. The van der Waals surface area contributed by atoms with Gasteiger partial charge < -0.3 is 5.32 Å². The third-order valence-corrected chi connectivity index (χ3v) is 4.60. The molecule has 3 aromatic carbocycles. The van der Waals surface area contributed by atoms with Crippen molar-refractivity contribution in [2.45, 2.75) is 6.54 Å². The number of anilines is 1. The average Bonchev–Trinajstić information content (AvgIpc) is 2.67. The van der Waals surface area contributed by atoms with Gasteiger partial charge in [0.1, 0.15) is 0 Å². The largest absolute Gasteiger partial charge is 0.348 e. The predicted molar refractivity (Wildman–Crippen MR) is 108 cm³/mol. The van der Waals surface area contributed by atoms with Gasteiger partial charge in [-0.05, 0) is 34.9 Å². The average molecular weight is 380 g/mol. The number of amides is 1. The van der Waals surface area contributed by atoms with Gasteiger partial charge in [-0.1, -0.05) is 60.7 Å². The summed E-state index contributed by atoms with van der Waals surface area (Å²) in [5.74, 6) is -0.219. The maximum absolute atomic E-state index is 12.4. The number of carbonyl (C=O) groups is 1. The highest BCUT2D eigenvalue weighted by Crippen LogP contribution is 2.20. The van der Waals surface area contributed by atoms with E-state index in [4.69, 9.17) is 0 Å². The normalized spacial score (nSPS) is 11.0. The maximum Gasteiger partial charge on any atom is 0.251 e. The molecule has 0 spiro atoms. The second-order valence-corrected chi connectivity index (χ2v) is 7.91. The Hall–Kier alpha value is -3.12. The zero-order chi connectivity index (χ0) is 19.3. The molecule has 0 aliphatic carbocycles. The number of nitrogens with one attached hydrogen (secondary N) is 2. The Morgan fingerprint density at radius 1 is 0.815 bits per heavy atom. The summed E-state index contributed by atoms with van der Waals surface area (Å²) >= 11 is 0. The molecule has 0 fully saturated rings. The fourth-order valence-corrected chi connectivity index (χ4v) is 3.29. The Morgan fingerprint density at radius 2 is 1.41 bits per heavy atom. The van der Waals surface area contributed by atoms with Crippen LogP contribution in [0, 0.1) is 0 Å². The van der Waals surface area contributed by atoms with Crippen LogP contribution in [0.25, 0.3) is 11.1 Å². The Kier molecular flexibility index (Phi) is 5.57. The molecular weight excluding hydrogens is 360 g/mol. The van der Waals surface area contributed by atoms with Crippen molar-refractivity contribution in [1.82, 2.24) is 5.32 Å². The fraction of sp³-hybridized carbons (Fsp3) is 0.0952. The van der Waals surface area contributed by atoms with E-state index in [2.05, 4.69) is 10.0 Å². The zero-order valence-corrected chi connectivity index (χ0v) is 15.7. The second kappa shape index (κ2) is 8.05. The van der Waals surface area contributed by atoms with Gasteiger partial charge in [0.25, 0.3) is 5.91 Å². The first-order chi connectivity index (χ1) is 12.9. The van der Waals surface area contributed by atoms with E-state index in [0.29, 0.717) is 16.8 Å². The van der Waals surface area contributed by atoms with E-state index in [1.807, 2.05) is 42.5 Å². The minimum absolute atomic E-state index is 0.219. The second-order valence-electron chi connectivity index (χ2n) is 6.16. The lowest BCUT2D eigenvalue weighted by atomic mass is 10.0. The van der Waals surface area contributed by atoms with E-state index in [0.717, 1.165) is 17.4 Å². The third-order valence-electron chi connectivity index (χ3n) is 4.01. The Balaban J connectivity index is 1.68. The summed E-state index contributed by atoms with van der Waals surface area (Å²) in [6, 6.07) is 24.3. The highest BCUT2D eigenvalue weighted by atomic mass is 32.2. The summed E-state index contributed by atoms with van der Waals surface area (Å²) in [7, 11) is -3.38. The van der Waals surface area contributed by atoms with Crippen molar-refractivity contribution < 1.29 is 13.2 Å². The minimum Gasteiger partial charge on any atom is -0.348 e. The van der Waals surface area contributed by atoms with E-state index >= 15 is 0 Å². The van der Waals surface area contributed by atoms with Crippen LogP contribution in [0.5, 0.6) is 0 Å². The van der Waals surface area contributed by atoms with Gasteiger partial charge in [-0.3, -0.25) is 9.52 Å². The lowest BCUT2D eigenvalue weighted by Gasteiger charge is -2.12. The summed E-state index contributed by atoms with van der Waals surface area (Å²) in [5.41, 5.74) is 3.82. The summed E-state index contributed by atoms with van der Waals surface area (Å²) in [5, 5.41) is 2.83. The molecule has 0 aliphatic rings. The molecule has 3 rings (SSSR count). The van der Waals surface area contributed by atoms with Crippen LogP contribution in [0.15, 0.2) is 78.9 Å². The van der Waals surface area contributed by atoms with Crippen LogP contribution in [0.2, 0.25) is 0 Å². The van der Waals surface area contributed by atoms with Crippen LogP contribution < -0.4 is 10.0 Å². The molecule has 1 amide bonds. The van der Waals surface area contributed by atoms with E-state index < -0.39 is 10.0 Å². The Labute approximate surface area is 159 Å². The molecule has 0 unspecified atom stereocenters. The van der Waals surface area contributed by atoms with Crippen molar-refractivity contribution in [3.63, 3.8) is 0 Å². The van der Waals surface area contributed by atoms with Crippen molar-refractivity contribution in [2.75, 3.05) is 11.0 Å². The quantitative estimate of drug-likeness (QED) is 0.685. The summed E-state index contributed by atoms with van der Waals surface area (Å²) in [6.07, 6.45) is 1.09. The number of carbonyl (C=O) groups excluding carboxylic acids is 1. The van der Waals surface area contributed by atoms with Crippen LogP contribution in [0.1, 0.15) is 15.9 Å². The van der Waals surface area contributed by atoms with Gasteiger partial charge in [0.05, 0.1) is 11.9 Å². The summed E-state index contributed by atoms with van der Waals surface area (Å²) < 4.78 is 25.4. The van der Waals surface area contributed by atoms with Crippen molar-refractivity contribution in [3.8, 4) is 11.1 Å². The van der Waals surface area contributed by atoms with E-state index in [1.54, 1.807) is 36.4 Å². The van der Waals surface area contributed by atoms with Crippen molar-refractivity contribution in [2.24, 2.45) is 0 Å². The van der Waals surface area contributed by atoms with E-state index in [-0.39, 0.29) is 12.5 Å². The molecule has 6 heteroatoms. The molecule has 5 nitrogen and oxygen atoms in total. The van der Waals surface area contributed by atoms with Gasteiger partial charge in [0, 0.05) is 12.1 Å². The van der Waals surface area contributed by atoms with Crippen molar-refractivity contribution in [1.29, 1.82) is 0 Å². The first kappa shape index (κ1) is 18.7. The lowest BCUT2D eigenvalue weighted by Crippen LogP contribution is -2.23. The predicted octanol–water partition coefficient (Wildman–Crippen LogP) is 3.66. The SMILES string of the molecule is CS(=O)(=O)Nc1ccccc1CNC(=O)c1ccc(-c2ccccc2)cc1. The van der Waals surface area contributed by atoms with Gasteiger partial charge in [-0.15, -0.1) is 0 Å². The summed E-state index contributed by atoms with van der Waals surface area (Å²) in [4.78, 5) is 12.4. The van der Waals surface area contributed by atoms with Gasteiger partial charge in [0.15, 0.2) is 0 Å². The minimum atomic E-state index is -3.38. The smallest absolute Gasteiger partial charge is 0.251 e. The van der Waals surface area contributed by atoms with Crippen molar-refractivity contribution in [3.05, 3.63) is 90.0 Å². The highest BCUT2D eigenvalue weighted by molar-refractivity contribution is 7.92. The molecule has 0 radical (unpaired) electrons. The van der Waals surface area contributed by atoms with Crippen molar-refractivity contribution >= 4 is 21.6 Å². The monoisotopic (exact) mass is 380 g/mol. The van der Waals surface area contributed by atoms with Crippen LogP contribution in [-0.4, -0.2) is 20.6 Å². The van der Waals surface area contributed by atoms with Gasteiger partial charge in [-0.2, -0.15) is 0 Å². The Morgan fingerprint density at radius 3 is 2.07 bits per heavy atom. The molecule has 2 N–H and O–H groups in total. The number of sulfonamides is 1. The van der Waals surface area contributed by atoms with Crippen LogP contribution in [0.3, 0.4) is 0 Å². The van der Waals surface area contributed by atoms with E-state index in [1.165, 1.54) is 0 Å². The molecule has 0 bridgehead atoms. The molecule has 0 aliphatic heterocycles. The molecule has 27 heavy (non-hydrogen) atoms. The Bertz CT molecular complexity index is 1030. The van der Waals surface area contributed by atoms with Crippen LogP contribution in [0.4, 0.5) is 5.69 Å². The molecule has 3 aromatic rings. The van der Waals surface area contributed by atoms with Gasteiger partial charge in [-0.25, -0.2) is 8.42 Å². The van der Waals surface area contributed by atoms with Crippen LogP contribution >= 0.6 is 0 Å². The maximum atomic E-state index is 12.4. The van der Waals surface area contributed by atoms with Crippen LogP contribution in [-0.2, 0) is 16.6 Å². The number of benzene rings is 3. The number of rotatable bonds is 6.